The van der Waals surface area contributed by atoms with Crippen LogP contribution in [0.15, 0.2) is 29.2 Å². The molecular weight excluding hydrogens is 348 g/mol. The van der Waals surface area contributed by atoms with Gasteiger partial charge in [0.25, 0.3) is 0 Å². The van der Waals surface area contributed by atoms with Crippen molar-refractivity contribution in [2.45, 2.75) is 44.2 Å². The lowest BCUT2D eigenvalue weighted by atomic mass is 9.94. The number of sulfonamides is 1. The number of hydrogen-bond donors (Lipinski definition) is 2. The Kier molecular flexibility index (Phi) is 5.39. The maximum Gasteiger partial charge on any atom is 0.243 e. The van der Waals surface area contributed by atoms with E-state index >= 15 is 0 Å². The molecule has 0 amide bonds. The van der Waals surface area contributed by atoms with Crippen LogP contribution in [0.4, 0.5) is 0 Å². The third-order valence-corrected chi connectivity index (χ3v) is 5.33. The molecule has 0 unspecified atom stereocenters. The van der Waals surface area contributed by atoms with Gasteiger partial charge in [0, 0.05) is 19.1 Å². The largest absolute Gasteiger partial charge is 0.306 e. The third-order valence-electron chi connectivity index (χ3n) is 3.79. The topological polar surface area (TPSA) is 90.0 Å². The van der Waals surface area contributed by atoms with Crippen LogP contribution < -0.4 is 10.5 Å². The number of nitrogens with two attached hydrogens (primary N) is 1. The molecule has 0 atom stereocenters. The number of aryl methyl sites for hydroxylation is 2. The van der Waals surface area contributed by atoms with Crippen molar-refractivity contribution >= 4 is 21.6 Å². The first-order valence-electron chi connectivity index (χ1n) is 7.54. The third kappa shape index (κ3) is 4.57. The van der Waals surface area contributed by atoms with Gasteiger partial charge < -0.3 is 5.32 Å². The quantitative estimate of drug-likeness (QED) is 0.815. The van der Waals surface area contributed by atoms with Crippen molar-refractivity contribution in [3.8, 4) is 0 Å². The van der Waals surface area contributed by atoms with Crippen LogP contribution in [0.1, 0.15) is 30.7 Å². The van der Waals surface area contributed by atoms with Crippen molar-refractivity contribution in [1.29, 1.82) is 0 Å². The Balaban J connectivity index is 2.15. The van der Waals surface area contributed by atoms with Crippen LogP contribution in [-0.4, -0.2) is 23.7 Å². The summed E-state index contributed by atoms with van der Waals surface area (Å²) < 4.78 is 24.8. The van der Waals surface area contributed by atoms with E-state index in [1.54, 1.807) is 7.05 Å². The van der Waals surface area contributed by atoms with Crippen molar-refractivity contribution in [1.82, 2.24) is 15.1 Å². The van der Waals surface area contributed by atoms with Crippen molar-refractivity contribution in [3.05, 3.63) is 46.2 Å². The Morgan fingerprint density at radius 2 is 1.88 bits per heavy atom. The van der Waals surface area contributed by atoms with Crippen LogP contribution >= 0.6 is 11.6 Å². The fraction of sp³-hybridized carbons (Fsp3) is 0.438. The monoisotopic (exact) mass is 370 g/mol. The second kappa shape index (κ2) is 6.84. The van der Waals surface area contributed by atoms with Gasteiger partial charge in [0.1, 0.15) is 10.0 Å². The summed E-state index contributed by atoms with van der Waals surface area (Å²) in [5, 5.41) is 12.8. The smallest absolute Gasteiger partial charge is 0.243 e. The molecule has 8 heteroatoms. The molecule has 6 nitrogen and oxygen atoms in total. The highest BCUT2D eigenvalue weighted by Gasteiger charge is 2.26. The first kappa shape index (κ1) is 18.9. The molecule has 0 radical (unpaired) electrons. The highest BCUT2D eigenvalue weighted by atomic mass is 35.5. The molecule has 132 valence electrons. The SMILES string of the molecule is Cc1ccc(CC(C)(C)NCc2nn(C)c(Cl)c2S(N)(=O)=O)cc1. The second-order valence-corrected chi connectivity index (χ2v) is 8.49. The van der Waals surface area contributed by atoms with Gasteiger partial charge in [-0.2, -0.15) is 5.10 Å². The number of hydrogen-bond acceptors (Lipinski definition) is 4. The van der Waals surface area contributed by atoms with Crippen LogP contribution in [-0.2, 0) is 30.0 Å². The van der Waals surface area contributed by atoms with Gasteiger partial charge >= 0.3 is 0 Å². The van der Waals surface area contributed by atoms with Crippen molar-refractivity contribution < 1.29 is 8.42 Å². The maximum absolute atomic E-state index is 11.7. The van der Waals surface area contributed by atoms with Crippen molar-refractivity contribution in [2.24, 2.45) is 12.2 Å². The molecule has 0 bridgehead atoms. The molecule has 2 aromatic rings. The molecule has 0 spiro atoms. The summed E-state index contributed by atoms with van der Waals surface area (Å²) in [7, 11) is -2.35. The van der Waals surface area contributed by atoms with E-state index in [4.69, 9.17) is 16.7 Å². The van der Waals surface area contributed by atoms with E-state index in [1.807, 2.05) is 20.8 Å². The zero-order valence-electron chi connectivity index (χ0n) is 14.3. The average molecular weight is 371 g/mol. The molecule has 0 saturated heterocycles. The van der Waals surface area contributed by atoms with Gasteiger partial charge in [-0.05, 0) is 32.8 Å². The van der Waals surface area contributed by atoms with E-state index in [1.165, 1.54) is 15.8 Å². The zero-order valence-corrected chi connectivity index (χ0v) is 15.9. The summed E-state index contributed by atoms with van der Waals surface area (Å²) in [6, 6.07) is 8.32. The van der Waals surface area contributed by atoms with E-state index < -0.39 is 10.0 Å². The predicted molar refractivity (Wildman–Crippen MR) is 95.4 cm³/mol. The van der Waals surface area contributed by atoms with Crippen LogP contribution in [0.25, 0.3) is 0 Å². The minimum atomic E-state index is -3.93. The fourth-order valence-electron chi connectivity index (χ4n) is 2.54. The Morgan fingerprint density at radius 1 is 1.29 bits per heavy atom. The molecule has 2 rings (SSSR count). The fourth-order valence-corrected chi connectivity index (χ4v) is 3.81. The first-order chi connectivity index (χ1) is 11.0. The number of halogens is 1. The van der Waals surface area contributed by atoms with Crippen molar-refractivity contribution in [2.75, 3.05) is 0 Å². The number of rotatable bonds is 6. The Bertz CT molecular complexity index is 827. The summed E-state index contributed by atoms with van der Waals surface area (Å²) in [6.07, 6.45) is 0.790. The Hall–Kier alpha value is -1.41. The van der Waals surface area contributed by atoms with Gasteiger partial charge in [0.05, 0.1) is 5.69 Å². The molecule has 0 saturated carbocycles. The second-order valence-electron chi connectivity index (χ2n) is 6.64. The van der Waals surface area contributed by atoms with Crippen LogP contribution in [0.3, 0.4) is 0 Å². The minimum absolute atomic E-state index is 0.0191. The van der Waals surface area contributed by atoms with Gasteiger partial charge in [-0.3, -0.25) is 4.68 Å². The highest BCUT2D eigenvalue weighted by Crippen LogP contribution is 2.24. The molecule has 0 aliphatic carbocycles. The minimum Gasteiger partial charge on any atom is -0.306 e. The van der Waals surface area contributed by atoms with Crippen LogP contribution in [0, 0.1) is 6.92 Å². The molecule has 24 heavy (non-hydrogen) atoms. The highest BCUT2D eigenvalue weighted by molar-refractivity contribution is 7.89. The lowest BCUT2D eigenvalue weighted by Gasteiger charge is -2.26. The Labute approximate surface area is 148 Å². The standard InChI is InChI=1S/C16H23ClN4O2S/c1-11-5-7-12(8-6-11)9-16(2,3)19-10-13-14(24(18,22)23)15(17)21(4)20-13/h5-8,19H,9-10H2,1-4H3,(H2,18,22,23). The Morgan fingerprint density at radius 3 is 2.42 bits per heavy atom. The lowest BCUT2D eigenvalue weighted by Crippen LogP contribution is -2.41. The molecule has 1 aromatic heterocycles. The molecule has 0 aliphatic heterocycles. The number of nitrogens with one attached hydrogen (secondary N) is 1. The lowest BCUT2D eigenvalue weighted by molar-refractivity contribution is 0.379. The number of aromatic nitrogens is 2. The van der Waals surface area contributed by atoms with E-state index in [0.29, 0.717) is 5.69 Å². The van der Waals surface area contributed by atoms with Crippen LogP contribution in [0.2, 0.25) is 5.15 Å². The van der Waals surface area contributed by atoms with Gasteiger partial charge in [-0.15, -0.1) is 0 Å². The first-order valence-corrected chi connectivity index (χ1v) is 9.47. The summed E-state index contributed by atoms with van der Waals surface area (Å²) in [4.78, 5) is -0.120. The summed E-state index contributed by atoms with van der Waals surface area (Å²) in [6.45, 7) is 6.40. The van der Waals surface area contributed by atoms with E-state index in [-0.39, 0.29) is 22.1 Å². The zero-order chi connectivity index (χ0) is 18.1. The van der Waals surface area contributed by atoms with E-state index in [9.17, 15) is 8.42 Å². The maximum atomic E-state index is 11.7. The molecule has 1 heterocycles. The number of benzene rings is 1. The van der Waals surface area contributed by atoms with Crippen molar-refractivity contribution in [3.63, 3.8) is 0 Å². The summed E-state index contributed by atoms with van der Waals surface area (Å²) in [5.74, 6) is 0. The number of primary sulfonamides is 1. The molecule has 0 fully saturated rings. The summed E-state index contributed by atoms with van der Waals surface area (Å²) >= 11 is 6.01. The molecule has 0 aliphatic rings. The van der Waals surface area contributed by atoms with E-state index in [2.05, 4.69) is 34.7 Å². The van der Waals surface area contributed by atoms with Gasteiger partial charge in [-0.25, -0.2) is 13.6 Å². The van der Waals surface area contributed by atoms with Gasteiger partial charge in [0.15, 0.2) is 0 Å². The van der Waals surface area contributed by atoms with Crippen LogP contribution in [0.5, 0.6) is 0 Å². The van der Waals surface area contributed by atoms with Gasteiger partial charge in [-0.1, -0.05) is 41.4 Å². The molecule has 3 N–H and O–H groups in total. The predicted octanol–water partition coefficient (Wildman–Crippen LogP) is 2.14. The molecule has 1 aromatic carbocycles. The average Bonchev–Trinajstić information content (AvgIpc) is 2.74. The van der Waals surface area contributed by atoms with Gasteiger partial charge in [0.2, 0.25) is 10.0 Å². The normalized spacial score (nSPS) is 12.6. The van der Waals surface area contributed by atoms with E-state index in [0.717, 1.165) is 6.42 Å². The number of nitrogens with zero attached hydrogens (tertiary/aromatic N) is 2. The summed E-state index contributed by atoms with van der Waals surface area (Å²) in [5.41, 5.74) is 2.48. The molecular formula is C16H23ClN4O2S.